The van der Waals surface area contributed by atoms with Crippen molar-refractivity contribution in [2.75, 3.05) is 6.54 Å². The summed E-state index contributed by atoms with van der Waals surface area (Å²) in [5.74, 6) is 0. The van der Waals surface area contributed by atoms with Crippen LogP contribution in [-0.4, -0.2) is 6.54 Å². The molecule has 2 N–H and O–H groups in total. The zero-order valence-corrected chi connectivity index (χ0v) is 11.4. The van der Waals surface area contributed by atoms with E-state index in [1.807, 2.05) is 0 Å². The van der Waals surface area contributed by atoms with Crippen molar-refractivity contribution < 1.29 is 0 Å². The summed E-state index contributed by atoms with van der Waals surface area (Å²) in [6, 6.07) is 17.2. The van der Waals surface area contributed by atoms with Crippen LogP contribution in [0.1, 0.15) is 25.0 Å². The van der Waals surface area contributed by atoms with Gasteiger partial charge in [0.15, 0.2) is 0 Å². The molecule has 0 heterocycles. The van der Waals surface area contributed by atoms with E-state index in [0.29, 0.717) is 6.54 Å². The minimum absolute atomic E-state index is 0.0265. The summed E-state index contributed by atoms with van der Waals surface area (Å²) in [6.45, 7) is 7.17. The first-order valence-electron chi connectivity index (χ1n) is 6.41. The minimum Gasteiger partial charge on any atom is -0.330 e. The molecule has 0 unspecified atom stereocenters. The second kappa shape index (κ2) is 4.95. The second-order valence-corrected chi connectivity index (χ2v) is 5.48. The van der Waals surface area contributed by atoms with Gasteiger partial charge in [0.1, 0.15) is 0 Å². The van der Waals surface area contributed by atoms with Crippen LogP contribution in [-0.2, 0) is 5.41 Å². The molecule has 18 heavy (non-hydrogen) atoms. The Bertz CT molecular complexity index is 541. The average molecular weight is 239 g/mol. The first-order valence-corrected chi connectivity index (χ1v) is 6.41. The van der Waals surface area contributed by atoms with Crippen LogP contribution < -0.4 is 5.73 Å². The van der Waals surface area contributed by atoms with Gasteiger partial charge in [0, 0.05) is 12.0 Å². The number of hydrogen-bond acceptors (Lipinski definition) is 1. The Kier molecular flexibility index (Phi) is 3.53. The highest BCUT2D eigenvalue weighted by molar-refractivity contribution is 5.68. The molecule has 0 aliphatic heterocycles. The van der Waals surface area contributed by atoms with Crippen LogP contribution in [0, 0.1) is 6.92 Å². The van der Waals surface area contributed by atoms with Crippen molar-refractivity contribution in [1.82, 2.24) is 0 Å². The zero-order chi connectivity index (χ0) is 13.2. The van der Waals surface area contributed by atoms with Crippen molar-refractivity contribution in [2.24, 2.45) is 5.73 Å². The van der Waals surface area contributed by atoms with Gasteiger partial charge in [0.2, 0.25) is 0 Å². The average Bonchev–Trinajstić information content (AvgIpc) is 2.39. The van der Waals surface area contributed by atoms with Gasteiger partial charge in [-0.1, -0.05) is 62.4 Å². The van der Waals surface area contributed by atoms with Gasteiger partial charge in [-0.3, -0.25) is 0 Å². The fourth-order valence-electron chi connectivity index (χ4n) is 2.12. The molecule has 1 nitrogen and oxygen atoms in total. The molecule has 0 bridgehead atoms. The molecule has 2 aromatic rings. The maximum Gasteiger partial charge on any atom is 0.00192 e. The largest absolute Gasteiger partial charge is 0.330 e. The fraction of sp³-hybridized carbons (Fsp3) is 0.294. The van der Waals surface area contributed by atoms with E-state index < -0.39 is 0 Å². The molecule has 2 rings (SSSR count). The summed E-state index contributed by atoms with van der Waals surface area (Å²) in [7, 11) is 0. The zero-order valence-electron chi connectivity index (χ0n) is 11.4. The van der Waals surface area contributed by atoms with E-state index in [1.54, 1.807) is 0 Å². The standard InChI is InChI=1S/C17H21N/c1-13-7-4-5-10-16(13)14-8-6-9-15(11-14)17(2,3)12-18/h4-11H,12,18H2,1-3H3. The number of nitrogens with two attached hydrogens (primary N) is 1. The predicted octanol–water partition coefficient (Wildman–Crippen LogP) is 3.90. The van der Waals surface area contributed by atoms with Crippen LogP contribution >= 0.6 is 0 Å². The third-order valence-corrected chi connectivity index (χ3v) is 3.61. The molecule has 0 aliphatic carbocycles. The molecule has 0 aliphatic rings. The minimum atomic E-state index is 0.0265. The van der Waals surface area contributed by atoms with Gasteiger partial charge in [-0.2, -0.15) is 0 Å². The Labute approximate surface area is 110 Å². The molecule has 0 fully saturated rings. The molecule has 0 amide bonds. The van der Waals surface area contributed by atoms with E-state index in [4.69, 9.17) is 5.73 Å². The van der Waals surface area contributed by atoms with Gasteiger partial charge < -0.3 is 5.73 Å². The number of rotatable bonds is 3. The molecule has 0 atom stereocenters. The van der Waals surface area contributed by atoms with Crippen LogP contribution in [0.2, 0.25) is 0 Å². The van der Waals surface area contributed by atoms with Crippen molar-refractivity contribution >= 4 is 0 Å². The number of benzene rings is 2. The fourth-order valence-corrected chi connectivity index (χ4v) is 2.12. The van der Waals surface area contributed by atoms with E-state index in [1.165, 1.54) is 22.3 Å². The van der Waals surface area contributed by atoms with Crippen LogP contribution in [0.15, 0.2) is 48.5 Å². The Morgan fingerprint density at radius 2 is 1.72 bits per heavy atom. The number of hydrogen-bond donors (Lipinski definition) is 1. The molecule has 0 saturated carbocycles. The van der Waals surface area contributed by atoms with E-state index in [-0.39, 0.29) is 5.41 Å². The predicted molar refractivity (Wildman–Crippen MR) is 78.7 cm³/mol. The first-order chi connectivity index (χ1) is 8.54. The maximum atomic E-state index is 5.86. The lowest BCUT2D eigenvalue weighted by atomic mass is 9.83. The molecular weight excluding hydrogens is 218 g/mol. The third-order valence-electron chi connectivity index (χ3n) is 3.61. The van der Waals surface area contributed by atoms with Crippen molar-refractivity contribution in [3.05, 3.63) is 59.7 Å². The van der Waals surface area contributed by atoms with Gasteiger partial charge in [-0.15, -0.1) is 0 Å². The molecule has 0 radical (unpaired) electrons. The summed E-state index contributed by atoms with van der Waals surface area (Å²) >= 11 is 0. The Balaban J connectivity index is 2.49. The Morgan fingerprint density at radius 3 is 2.39 bits per heavy atom. The van der Waals surface area contributed by atoms with Crippen LogP contribution in [0.3, 0.4) is 0 Å². The molecule has 0 spiro atoms. The molecule has 0 aromatic heterocycles. The molecule has 0 saturated heterocycles. The summed E-state index contributed by atoms with van der Waals surface area (Å²) in [5.41, 5.74) is 11.1. The highest BCUT2D eigenvalue weighted by Crippen LogP contribution is 2.28. The number of aryl methyl sites for hydroxylation is 1. The Hall–Kier alpha value is -1.60. The smallest absolute Gasteiger partial charge is 0.00192 e. The van der Waals surface area contributed by atoms with E-state index in [0.717, 1.165) is 0 Å². The molecule has 2 aromatic carbocycles. The summed E-state index contributed by atoms with van der Waals surface area (Å²) in [5, 5.41) is 0. The van der Waals surface area contributed by atoms with Crippen LogP contribution in [0.5, 0.6) is 0 Å². The van der Waals surface area contributed by atoms with Gasteiger partial charge >= 0.3 is 0 Å². The van der Waals surface area contributed by atoms with Gasteiger partial charge in [0.25, 0.3) is 0 Å². The van der Waals surface area contributed by atoms with Gasteiger partial charge in [0.05, 0.1) is 0 Å². The lowest BCUT2D eigenvalue weighted by Crippen LogP contribution is -2.27. The van der Waals surface area contributed by atoms with Crippen molar-refractivity contribution in [3.8, 4) is 11.1 Å². The lowest BCUT2D eigenvalue weighted by Gasteiger charge is -2.23. The topological polar surface area (TPSA) is 26.0 Å². The summed E-state index contributed by atoms with van der Waals surface area (Å²) in [4.78, 5) is 0. The van der Waals surface area contributed by atoms with Crippen molar-refractivity contribution in [2.45, 2.75) is 26.2 Å². The van der Waals surface area contributed by atoms with E-state index in [9.17, 15) is 0 Å². The van der Waals surface area contributed by atoms with E-state index in [2.05, 4.69) is 69.3 Å². The quantitative estimate of drug-likeness (QED) is 0.863. The third kappa shape index (κ3) is 2.46. The lowest BCUT2D eigenvalue weighted by molar-refractivity contribution is 0.539. The first kappa shape index (κ1) is 12.8. The van der Waals surface area contributed by atoms with E-state index >= 15 is 0 Å². The van der Waals surface area contributed by atoms with Crippen molar-refractivity contribution in [3.63, 3.8) is 0 Å². The normalized spacial score (nSPS) is 11.6. The maximum absolute atomic E-state index is 5.86. The van der Waals surface area contributed by atoms with Crippen LogP contribution in [0.25, 0.3) is 11.1 Å². The molecular formula is C17H21N. The summed E-state index contributed by atoms with van der Waals surface area (Å²) in [6.07, 6.45) is 0. The van der Waals surface area contributed by atoms with Gasteiger partial charge in [-0.05, 0) is 29.2 Å². The van der Waals surface area contributed by atoms with Crippen molar-refractivity contribution in [1.29, 1.82) is 0 Å². The van der Waals surface area contributed by atoms with Crippen LogP contribution in [0.4, 0.5) is 0 Å². The second-order valence-electron chi connectivity index (χ2n) is 5.48. The summed E-state index contributed by atoms with van der Waals surface area (Å²) < 4.78 is 0. The monoisotopic (exact) mass is 239 g/mol. The SMILES string of the molecule is Cc1ccccc1-c1cccc(C(C)(C)CN)c1. The Morgan fingerprint density at radius 1 is 1.00 bits per heavy atom. The molecule has 94 valence electrons. The highest BCUT2D eigenvalue weighted by Gasteiger charge is 2.18. The van der Waals surface area contributed by atoms with Gasteiger partial charge in [-0.25, -0.2) is 0 Å². The highest BCUT2D eigenvalue weighted by atomic mass is 14.6. The molecule has 1 heteroatoms.